The Labute approximate surface area is 182 Å². The van der Waals surface area contributed by atoms with E-state index in [0.717, 1.165) is 23.0 Å². The third-order valence-electron chi connectivity index (χ3n) is 5.52. The predicted molar refractivity (Wildman–Crippen MR) is 119 cm³/mol. The number of nitrogens with zero attached hydrogens (tertiary/aromatic N) is 4. The third kappa shape index (κ3) is 4.40. The van der Waals surface area contributed by atoms with Gasteiger partial charge in [0, 0.05) is 31.1 Å². The van der Waals surface area contributed by atoms with Crippen LogP contribution in [0.15, 0.2) is 54.7 Å². The van der Waals surface area contributed by atoms with Crippen molar-refractivity contribution in [1.82, 2.24) is 19.6 Å². The molecule has 1 fully saturated rings. The Hall–Kier alpha value is -3.35. The number of para-hydroxylation sites is 1. The average Bonchev–Trinajstić information content (AvgIpc) is 3.39. The molecule has 1 aromatic heterocycles. The molecular weight excluding hydrogens is 392 g/mol. The first-order valence-corrected chi connectivity index (χ1v) is 10.5. The van der Waals surface area contributed by atoms with Gasteiger partial charge in [0.05, 0.1) is 23.4 Å². The number of rotatable bonds is 3. The van der Waals surface area contributed by atoms with Gasteiger partial charge in [-0.3, -0.25) is 4.79 Å². The molecule has 0 aliphatic carbocycles. The van der Waals surface area contributed by atoms with Crippen molar-refractivity contribution in [2.45, 2.75) is 38.8 Å². The number of carbonyl (C=O) groups excluding carboxylic acids is 2. The first-order chi connectivity index (χ1) is 14.7. The van der Waals surface area contributed by atoms with Gasteiger partial charge in [-0.1, -0.05) is 18.2 Å². The summed E-state index contributed by atoms with van der Waals surface area (Å²) in [5, 5.41) is 5.53. The highest BCUT2D eigenvalue weighted by Crippen LogP contribution is 2.21. The van der Waals surface area contributed by atoms with Gasteiger partial charge in [-0.2, -0.15) is 5.10 Å². The molecule has 7 heteroatoms. The molecule has 1 aliphatic rings. The molecule has 1 aliphatic heterocycles. The monoisotopic (exact) mass is 420 g/mol. The number of fused-ring (bicyclic) bond motifs is 1. The minimum atomic E-state index is -0.529. The first kappa shape index (κ1) is 20.9. The van der Waals surface area contributed by atoms with Gasteiger partial charge in [0.1, 0.15) is 5.60 Å². The summed E-state index contributed by atoms with van der Waals surface area (Å²) in [6.45, 7) is 6.62. The average molecular weight is 421 g/mol. The lowest BCUT2D eigenvalue weighted by Crippen LogP contribution is -2.41. The molecule has 0 saturated carbocycles. The molecule has 4 rings (SSSR count). The van der Waals surface area contributed by atoms with Crippen molar-refractivity contribution in [3.8, 4) is 5.69 Å². The molecule has 2 aromatic carbocycles. The van der Waals surface area contributed by atoms with Crippen molar-refractivity contribution in [3.63, 3.8) is 0 Å². The van der Waals surface area contributed by atoms with Crippen molar-refractivity contribution in [1.29, 1.82) is 0 Å². The topological polar surface area (TPSA) is 67.7 Å². The quantitative estimate of drug-likeness (QED) is 0.640. The molecule has 2 heterocycles. The molecule has 7 nitrogen and oxygen atoms in total. The number of hydrogen-bond donors (Lipinski definition) is 0. The maximum atomic E-state index is 13.0. The van der Waals surface area contributed by atoms with Crippen molar-refractivity contribution in [3.05, 3.63) is 60.3 Å². The van der Waals surface area contributed by atoms with E-state index in [9.17, 15) is 9.59 Å². The molecular formula is C24H28N4O3. The number of likely N-dealkylation sites (tertiary alicyclic amines) is 1. The van der Waals surface area contributed by atoms with Crippen LogP contribution in [0.5, 0.6) is 0 Å². The molecule has 2 amide bonds. The van der Waals surface area contributed by atoms with Crippen LogP contribution in [0.1, 0.15) is 37.6 Å². The Morgan fingerprint density at radius 1 is 1.10 bits per heavy atom. The van der Waals surface area contributed by atoms with Gasteiger partial charge in [0.15, 0.2) is 0 Å². The van der Waals surface area contributed by atoms with Crippen molar-refractivity contribution in [2.75, 3.05) is 20.1 Å². The Balaban J connectivity index is 1.43. The van der Waals surface area contributed by atoms with Gasteiger partial charge in [-0.05, 0) is 57.5 Å². The van der Waals surface area contributed by atoms with Gasteiger partial charge in [0.25, 0.3) is 5.91 Å². The fraction of sp³-hybridized carbons (Fsp3) is 0.375. The summed E-state index contributed by atoms with van der Waals surface area (Å²) in [5.41, 5.74) is 2.00. The molecule has 0 N–H and O–H groups in total. The predicted octanol–water partition coefficient (Wildman–Crippen LogP) is 4.11. The number of ether oxygens (including phenoxy) is 1. The van der Waals surface area contributed by atoms with Gasteiger partial charge in [-0.15, -0.1) is 0 Å². The second kappa shape index (κ2) is 8.06. The Kier molecular flexibility index (Phi) is 5.43. The number of carbonyl (C=O) groups is 2. The highest BCUT2D eigenvalue weighted by Gasteiger charge is 2.33. The zero-order valence-electron chi connectivity index (χ0n) is 18.4. The molecule has 1 saturated heterocycles. The molecule has 1 atom stereocenters. The number of likely N-dealkylation sites (N-methyl/N-ethyl adjacent to an activating group) is 1. The summed E-state index contributed by atoms with van der Waals surface area (Å²) >= 11 is 0. The van der Waals surface area contributed by atoms with Gasteiger partial charge in [0.2, 0.25) is 0 Å². The zero-order valence-corrected chi connectivity index (χ0v) is 18.4. The van der Waals surface area contributed by atoms with Crippen LogP contribution in [0.4, 0.5) is 4.79 Å². The first-order valence-electron chi connectivity index (χ1n) is 10.5. The van der Waals surface area contributed by atoms with Crippen LogP contribution < -0.4 is 0 Å². The molecule has 3 aromatic rings. The largest absolute Gasteiger partial charge is 0.444 e. The van der Waals surface area contributed by atoms with Crippen LogP contribution >= 0.6 is 0 Å². The molecule has 162 valence electrons. The SMILES string of the molecule is CN(C(=O)c1ccc(-n2ncc3ccccc32)cc1)C1CCN(C(=O)OC(C)(C)C)C1. The van der Waals surface area contributed by atoms with Crippen LogP contribution in [-0.4, -0.2) is 63.4 Å². The van der Waals surface area contributed by atoms with Gasteiger partial charge in [-0.25, -0.2) is 9.48 Å². The minimum absolute atomic E-state index is 0.0326. The number of benzene rings is 2. The molecule has 0 bridgehead atoms. The van der Waals surface area contributed by atoms with E-state index >= 15 is 0 Å². The summed E-state index contributed by atoms with van der Waals surface area (Å²) in [7, 11) is 1.79. The number of hydrogen-bond acceptors (Lipinski definition) is 4. The van der Waals surface area contributed by atoms with Crippen molar-refractivity contribution in [2.24, 2.45) is 0 Å². The van der Waals surface area contributed by atoms with E-state index in [4.69, 9.17) is 4.74 Å². The summed E-state index contributed by atoms with van der Waals surface area (Å²) in [4.78, 5) is 28.7. The summed E-state index contributed by atoms with van der Waals surface area (Å²) in [5.74, 6) is -0.0621. The number of amides is 2. The smallest absolute Gasteiger partial charge is 0.410 e. The molecule has 0 radical (unpaired) electrons. The maximum Gasteiger partial charge on any atom is 0.410 e. The highest BCUT2D eigenvalue weighted by atomic mass is 16.6. The van der Waals surface area contributed by atoms with E-state index in [0.29, 0.717) is 18.7 Å². The Morgan fingerprint density at radius 3 is 2.52 bits per heavy atom. The van der Waals surface area contributed by atoms with Crippen LogP contribution in [0.25, 0.3) is 16.6 Å². The van der Waals surface area contributed by atoms with E-state index in [1.807, 2.05) is 80.2 Å². The molecule has 0 spiro atoms. The lowest BCUT2D eigenvalue weighted by molar-refractivity contribution is 0.0279. The Morgan fingerprint density at radius 2 is 1.81 bits per heavy atom. The van der Waals surface area contributed by atoms with E-state index < -0.39 is 5.60 Å². The summed E-state index contributed by atoms with van der Waals surface area (Å²) < 4.78 is 7.31. The van der Waals surface area contributed by atoms with E-state index in [1.54, 1.807) is 16.8 Å². The standard InChI is InChI=1S/C24H28N4O3/c1-24(2,3)31-23(30)27-14-13-20(16-27)26(4)22(29)17-9-11-19(12-10-17)28-21-8-6-5-7-18(21)15-25-28/h5-12,15,20H,13-14,16H2,1-4H3. The van der Waals surface area contributed by atoms with E-state index in [1.165, 1.54) is 0 Å². The lowest BCUT2D eigenvalue weighted by Gasteiger charge is -2.27. The number of aromatic nitrogens is 2. The Bertz CT molecular complexity index is 1100. The minimum Gasteiger partial charge on any atom is -0.444 e. The zero-order chi connectivity index (χ0) is 22.2. The summed E-state index contributed by atoms with van der Waals surface area (Å²) in [6.07, 6.45) is 2.24. The van der Waals surface area contributed by atoms with Crippen LogP contribution in [0.3, 0.4) is 0 Å². The second-order valence-electron chi connectivity index (χ2n) is 8.95. The van der Waals surface area contributed by atoms with Gasteiger partial charge >= 0.3 is 6.09 Å². The van der Waals surface area contributed by atoms with Crippen LogP contribution in [-0.2, 0) is 4.74 Å². The van der Waals surface area contributed by atoms with Crippen LogP contribution in [0, 0.1) is 0 Å². The second-order valence-corrected chi connectivity index (χ2v) is 8.95. The van der Waals surface area contributed by atoms with Gasteiger partial charge < -0.3 is 14.5 Å². The van der Waals surface area contributed by atoms with Crippen molar-refractivity contribution >= 4 is 22.9 Å². The van der Waals surface area contributed by atoms with E-state index in [2.05, 4.69) is 5.10 Å². The fourth-order valence-electron chi connectivity index (χ4n) is 3.84. The molecule has 1 unspecified atom stereocenters. The maximum absolute atomic E-state index is 13.0. The fourth-order valence-corrected chi connectivity index (χ4v) is 3.84. The lowest BCUT2D eigenvalue weighted by atomic mass is 10.1. The van der Waals surface area contributed by atoms with E-state index in [-0.39, 0.29) is 18.0 Å². The highest BCUT2D eigenvalue weighted by molar-refractivity contribution is 5.94. The third-order valence-corrected chi connectivity index (χ3v) is 5.52. The van der Waals surface area contributed by atoms with Crippen molar-refractivity contribution < 1.29 is 14.3 Å². The normalized spacial score (nSPS) is 16.5. The molecule has 31 heavy (non-hydrogen) atoms. The van der Waals surface area contributed by atoms with Crippen LogP contribution in [0.2, 0.25) is 0 Å². The summed E-state index contributed by atoms with van der Waals surface area (Å²) in [6, 6.07) is 15.4.